The number of halogens is 1. The Morgan fingerprint density at radius 2 is 1.89 bits per heavy atom. The number of carbonyl (C=O) groups excluding carboxylic acids is 2. The van der Waals surface area contributed by atoms with Gasteiger partial charge in [0.2, 0.25) is 5.91 Å². The van der Waals surface area contributed by atoms with E-state index in [9.17, 15) is 9.59 Å². The Morgan fingerprint density at radius 3 is 2.47 bits per heavy atom. The molecule has 1 fully saturated rings. The maximum absolute atomic E-state index is 11.7. The van der Waals surface area contributed by atoms with Gasteiger partial charge >= 0.3 is 0 Å². The van der Waals surface area contributed by atoms with E-state index in [1.807, 2.05) is 0 Å². The number of benzene rings is 1. The Balaban J connectivity index is 1.78. The first kappa shape index (κ1) is 13.7. The van der Waals surface area contributed by atoms with Crippen molar-refractivity contribution in [1.29, 1.82) is 0 Å². The second-order valence-electron chi connectivity index (χ2n) is 4.47. The summed E-state index contributed by atoms with van der Waals surface area (Å²) in [7, 11) is 0. The second kappa shape index (κ2) is 5.93. The highest BCUT2D eigenvalue weighted by Crippen LogP contribution is 2.28. The van der Waals surface area contributed by atoms with Crippen molar-refractivity contribution in [3.63, 3.8) is 0 Å². The molecule has 0 spiro atoms. The van der Waals surface area contributed by atoms with Gasteiger partial charge in [-0.1, -0.05) is 11.6 Å². The van der Waals surface area contributed by atoms with Crippen molar-refractivity contribution in [2.45, 2.75) is 25.9 Å². The van der Waals surface area contributed by atoms with Crippen LogP contribution in [0.15, 0.2) is 24.3 Å². The van der Waals surface area contributed by atoms with Crippen LogP contribution in [0.25, 0.3) is 0 Å². The number of carbonyl (C=O) groups is 2. The molecule has 0 radical (unpaired) electrons. The smallest absolute Gasteiger partial charge is 0.279 e. The van der Waals surface area contributed by atoms with Crippen molar-refractivity contribution in [3.8, 4) is 5.75 Å². The quantitative estimate of drug-likeness (QED) is 0.826. The van der Waals surface area contributed by atoms with Gasteiger partial charge in [0.1, 0.15) is 5.75 Å². The van der Waals surface area contributed by atoms with Crippen LogP contribution < -0.4 is 15.6 Å². The van der Waals surface area contributed by atoms with Crippen molar-refractivity contribution < 1.29 is 14.3 Å². The SMILES string of the molecule is CC(Oc1ccc(Cl)cc1)C(=O)NNC(=O)C1CC1. The molecule has 0 aliphatic heterocycles. The Kier molecular flexibility index (Phi) is 4.27. The molecular formula is C13H15ClN2O3. The molecule has 0 aromatic heterocycles. The summed E-state index contributed by atoms with van der Waals surface area (Å²) in [6.45, 7) is 1.60. The molecule has 1 aromatic carbocycles. The Labute approximate surface area is 116 Å². The third-order valence-corrected chi connectivity index (χ3v) is 3.00. The molecule has 1 atom stereocenters. The number of nitrogens with one attached hydrogen (secondary N) is 2. The number of hydrogen-bond acceptors (Lipinski definition) is 3. The Morgan fingerprint density at radius 1 is 1.26 bits per heavy atom. The first-order chi connectivity index (χ1) is 9.06. The van der Waals surface area contributed by atoms with Crippen LogP contribution in [0.5, 0.6) is 5.75 Å². The van der Waals surface area contributed by atoms with Gasteiger partial charge in [0.15, 0.2) is 6.10 Å². The average molecular weight is 283 g/mol. The van der Waals surface area contributed by atoms with Gasteiger partial charge in [-0.25, -0.2) is 0 Å². The van der Waals surface area contributed by atoms with E-state index in [-0.39, 0.29) is 11.8 Å². The maximum atomic E-state index is 11.7. The van der Waals surface area contributed by atoms with Gasteiger partial charge in [-0.3, -0.25) is 20.4 Å². The zero-order chi connectivity index (χ0) is 13.8. The normalized spacial score (nSPS) is 15.5. The fourth-order valence-electron chi connectivity index (χ4n) is 1.44. The van der Waals surface area contributed by atoms with Crippen molar-refractivity contribution in [2.24, 2.45) is 5.92 Å². The van der Waals surface area contributed by atoms with Gasteiger partial charge < -0.3 is 4.74 Å². The predicted molar refractivity (Wildman–Crippen MR) is 70.6 cm³/mol. The van der Waals surface area contributed by atoms with E-state index < -0.39 is 12.0 Å². The lowest BCUT2D eigenvalue weighted by atomic mass is 10.3. The first-order valence-electron chi connectivity index (χ1n) is 6.08. The topological polar surface area (TPSA) is 67.4 Å². The van der Waals surface area contributed by atoms with Gasteiger partial charge in [0.05, 0.1) is 0 Å². The maximum Gasteiger partial charge on any atom is 0.279 e. The molecule has 2 amide bonds. The standard InChI is InChI=1S/C13H15ClN2O3/c1-8(19-11-6-4-10(14)5-7-11)12(17)15-16-13(18)9-2-3-9/h4-9H,2-3H2,1H3,(H,15,17)(H,16,18). The van der Waals surface area contributed by atoms with E-state index in [1.54, 1.807) is 31.2 Å². The van der Waals surface area contributed by atoms with Crippen LogP contribution in [0.4, 0.5) is 0 Å². The summed E-state index contributed by atoms with van der Waals surface area (Å²) in [5, 5.41) is 0.598. The summed E-state index contributed by atoms with van der Waals surface area (Å²) in [5.41, 5.74) is 4.73. The predicted octanol–water partition coefficient (Wildman–Crippen LogP) is 1.66. The molecule has 0 saturated heterocycles. The highest BCUT2D eigenvalue weighted by atomic mass is 35.5. The van der Waals surface area contributed by atoms with Gasteiger partial charge in [-0.05, 0) is 44.0 Å². The summed E-state index contributed by atoms with van der Waals surface area (Å²) in [6.07, 6.45) is 1.07. The molecule has 19 heavy (non-hydrogen) atoms. The van der Waals surface area contributed by atoms with E-state index >= 15 is 0 Å². The molecule has 1 saturated carbocycles. The molecule has 1 unspecified atom stereocenters. The van der Waals surface area contributed by atoms with E-state index in [0.29, 0.717) is 10.8 Å². The molecule has 1 aliphatic carbocycles. The highest BCUT2D eigenvalue weighted by molar-refractivity contribution is 6.30. The summed E-state index contributed by atoms with van der Waals surface area (Å²) in [6, 6.07) is 6.70. The minimum absolute atomic E-state index is 0.0489. The molecule has 5 nitrogen and oxygen atoms in total. The molecule has 0 bridgehead atoms. The summed E-state index contributed by atoms with van der Waals surface area (Å²) >= 11 is 5.75. The zero-order valence-corrected chi connectivity index (χ0v) is 11.2. The van der Waals surface area contributed by atoms with Crippen LogP contribution in [0.3, 0.4) is 0 Å². The van der Waals surface area contributed by atoms with Gasteiger partial charge in [-0.2, -0.15) is 0 Å². The monoisotopic (exact) mass is 282 g/mol. The molecule has 6 heteroatoms. The number of hydrogen-bond donors (Lipinski definition) is 2. The fourth-order valence-corrected chi connectivity index (χ4v) is 1.57. The van der Waals surface area contributed by atoms with Crippen LogP contribution in [0, 0.1) is 5.92 Å². The lowest BCUT2D eigenvalue weighted by molar-refractivity contribution is -0.133. The van der Waals surface area contributed by atoms with E-state index in [4.69, 9.17) is 16.3 Å². The zero-order valence-electron chi connectivity index (χ0n) is 10.5. The number of amides is 2. The van der Waals surface area contributed by atoms with Crippen LogP contribution in [-0.2, 0) is 9.59 Å². The van der Waals surface area contributed by atoms with Crippen molar-refractivity contribution in [2.75, 3.05) is 0 Å². The number of hydrazine groups is 1. The number of rotatable bonds is 4. The number of ether oxygens (including phenoxy) is 1. The lowest BCUT2D eigenvalue weighted by Gasteiger charge is -2.15. The van der Waals surface area contributed by atoms with Crippen molar-refractivity contribution >= 4 is 23.4 Å². The van der Waals surface area contributed by atoms with E-state index in [0.717, 1.165) is 12.8 Å². The Bertz CT molecular complexity index is 471. The molecular weight excluding hydrogens is 268 g/mol. The average Bonchev–Trinajstić information content (AvgIpc) is 3.22. The summed E-state index contributed by atoms with van der Waals surface area (Å²) in [4.78, 5) is 23.0. The van der Waals surface area contributed by atoms with Crippen LogP contribution in [0.2, 0.25) is 5.02 Å². The molecule has 102 valence electrons. The fraction of sp³-hybridized carbons (Fsp3) is 0.385. The second-order valence-corrected chi connectivity index (χ2v) is 4.90. The van der Waals surface area contributed by atoms with Crippen LogP contribution in [0.1, 0.15) is 19.8 Å². The third kappa shape index (κ3) is 4.13. The molecule has 0 heterocycles. The Hall–Kier alpha value is -1.75. The molecule has 2 N–H and O–H groups in total. The molecule has 1 aliphatic rings. The van der Waals surface area contributed by atoms with E-state index in [2.05, 4.69) is 10.9 Å². The van der Waals surface area contributed by atoms with Crippen LogP contribution >= 0.6 is 11.6 Å². The lowest BCUT2D eigenvalue weighted by Crippen LogP contribution is -2.47. The summed E-state index contributed by atoms with van der Waals surface area (Å²) < 4.78 is 5.42. The molecule has 1 aromatic rings. The summed E-state index contributed by atoms with van der Waals surface area (Å²) in [5.74, 6) is 0.0457. The largest absolute Gasteiger partial charge is 0.481 e. The minimum atomic E-state index is -0.708. The van der Waals surface area contributed by atoms with Gasteiger partial charge in [-0.15, -0.1) is 0 Å². The van der Waals surface area contributed by atoms with Crippen molar-refractivity contribution in [3.05, 3.63) is 29.3 Å². The van der Waals surface area contributed by atoms with Crippen molar-refractivity contribution in [1.82, 2.24) is 10.9 Å². The minimum Gasteiger partial charge on any atom is -0.481 e. The third-order valence-electron chi connectivity index (χ3n) is 2.75. The molecule has 2 rings (SSSR count). The van der Waals surface area contributed by atoms with E-state index in [1.165, 1.54) is 0 Å². The van der Waals surface area contributed by atoms with Gasteiger partial charge in [0, 0.05) is 10.9 Å². The first-order valence-corrected chi connectivity index (χ1v) is 6.46. The van der Waals surface area contributed by atoms with Gasteiger partial charge in [0.25, 0.3) is 5.91 Å². The highest BCUT2D eigenvalue weighted by Gasteiger charge is 2.30. The van der Waals surface area contributed by atoms with Crippen LogP contribution in [-0.4, -0.2) is 17.9 Å².